The monoisotopic (exact) mass is 363 g/mol. The molecule has 2 aromatic rings. The molecule has 1 amide bonds. The van der Waals surface area contributed by atoms with E-state index in [1.54, 1.807) is 30.4 Å². The highest BCUT2D eigenvalue weighted by atomic mass is 35.5. The second-order valence-electron chi connectivity index (χ2n) is 4.08. The number of nitrogens with two attached hydrogens (primary N) is 1. The number of ether oxygens (including phenoxy) is 1. The molecule has 0 atom stereocenters. The molecule has 0 bridgehead atoms. The van der Waals surface area contributed by atoms with Crippen LogP contribution >= 0.6 is 36.2 Å². The Kier molecular flexibility index (Phi) is 9.40. The molecule has 0 aliphatic carbocycles. The van der Waals surface area contributed by atoms with Gasteiger partial charge in [-0.2, -0.15) is 0 Å². The third-order valence-corrected chi connectivity index (χ3v) is 3.49. The topological polar surface area (TPSA) is 76.4 Å². The zero-order chi connectivity index (χ0) is 14.4. The Hall–Kier alpha value is -1.63. The predicted molar refractivity (Wildman–Crippen MR) is 97.6 cm³/mol. The molecule has 2 rings (SSSR count). The summed E-state index contributed by atoms with van der Waals surface area (Å²) < 4.78 is 4.81. The van der Waals surface area contributed by atoms with E-state index < -0.39 is 6.09 Å². The molecule has 122 valence electrons. The van der Waals surface area contributed by atoms with Crippen LogP contribution in [0.3, 0.4) is 0 Å². The molecule has 0 saturated heterocycles. The van der Waals surface area contributed by atoms with Crippen LogP contribution in [0.2, 0.25) is 0 Å². The molecule has 0 spiro atoms. The molecule has 1 heterocycles. The van der Waals surface area contributed by atoms with Gasteiger partial charge in [0, 0.05) is 17.1 Å². The average molecular weight is 364 g/mol. The fraction of sp³-hybridized carbons (Fsp3) is 0.214. The molecule has 0 radical (unpaired) electrons. The molecule has 0 saturated carbocycles. The first-order valence-electron chi connectivity index (χ1n) is 6.28. The molecule has 0 unspecified atom stereocenters. The lowest BCUT2D eigenvalue weighted by Crippen LogP contribution is -2.14. The van der Waals surface area contributed by atoms with E-state index in [9.17, 15) is 4.79 Å². The van der Waals surface area contributed by atoms with Crippen LogP contribution in [-0.4, -0.2) is 12.7 Å². The Morgan fingerprint density at radius 3 is 2.68 bits per heavy atom. The minimum Gasteiger partial charge on any atom is -0.450 e. The third-order valence-electron chi connectivity index (χ3n) is 2.61. The van der Waals surface area contributed by atoms with Gasteiger partial charge in [-0.25, -0.2) is 4.79 Å². The molecule has 5 nitrogen and oxygen atoms in total. The zero-order valence-corrected chi connectivity index (χ0v) is 14.4. The van der Waals surface area contributed by atoms with Crippen molar-refractivity contribution in [2.45, 2.75) is 13.5 Å². The molecule has 22 heavy (non-hydrogen) atoms. The maximum absolute atomic E-state index is 11.3. The summed E-state index contributed by atoms with van der Waals surface area (Å²) in [6, 6.07) is 9.49. The van der Waals surface area contributed by atoms with E-state index in [1.807, 2.05) is 17.5 Å². The Labute approximate surface area is 146 Å². The van der Waals surface area contributed by atoms with Crippen LogP contribution in [0.25, 0.3) is 0 Å². The SMILES string of the molecule is CCOC(=O)Nc1ccc(NCc2cccs2)cc1N.Cl.Cl. The molecule has 0 fully saturated rings. The summed E-state index contributed by atoms with van der Waals surface area (Å²) in [6.07, 6.45) is -0.501. The summed E-state index contributed by atoms with van der Waals surface area (Å²) >= 11 is 1.70. The number of hydrogen-bond acceptors (Lipinski definition) is 5. The summed E-state index contributed by atoms with van der Waals surface area (Å²) in [5.74, 6) is 0. The highest BCUT2D eigenvalue weighted by molar-refractivity contribution is 7.09. The lowest BCUT2D eigenvalue weighted by molar-refractivity contribution is 0.168. The highest BCUT2D eigenvalue weighted by Crippen LogP contribution is 2.23. The van der Waals surface area contributed by atoms with Crippen molar-refractivity contribution in [3.8, 4) is 0 Å². The third kappa shape index (κ3) is 6.01. The summed E-state index contributed by atoms with van der Waals surface area (Å²) in [5, 5.41) is 7.92. The smallest absolute Gasteiger partial charge is 0.411 e. The van der Waals surface area contributed by atoms with Crippen molar-refractivity contribution in [1.82, 2.24) is 0 Å². The number of nitrogen functional groups attached to an aromatic ring is 1. The molecule has 4 N–H and O–H groups in total. The summed E-state index contributed by atoms with van der Waals surface area (Å²) in [7, 11) is 0. The predicted octanol–water partition coefficient (Wildman–Crippen LogP) is 4.35. The largest absolute Gasteiger partial charge is 0.450 e. The van der Waals surface area contributed by atoms with Gasteiger partial charge < -0.3 is 15.8 Å². The van der Waals surface area contributed by atoms with Crippen molar-refractivity contribution in [3.63, 3.8) is 0 Å². The van der Waals surface area contributed by atoms with Gasteiger partial charge in [0.15, 0.2) is 0 Å². The van der Waals surface area contributed by atoms with E-state index in [-0.39, 0.29) is 24.8 Å². The van der Waals surface area contributed by atoms with E-state index in [1.165, 1.54) is 4.88 Å². The second kappa shape index (κ2) is 10.2. The molecular formula is C14H19Cl2N3O2S. The fourth-order valence-corrected chi connectivity index (χ4v) is 2.31. The summed E-state index contributed by atoms with van der Waals surface area (Å²) in [6.45, 7) is 2.83. The second-order valence-corrected chi connectivity index (χ2v) is 5.11. The van der Waals surface area contributed by atoms with Crippen LogP contribution in [0.4, 0.5) is 21.9 Å². The van der Waals surface area contributed by atoms with Gasteiger partial charge in [-0.15, -0.1) is 36.2 Å². The lowest BCUT2D eigenvalue weighted by atomic mass is 10.2. The van der Waals surface area contributed by atoms with Gasteiger partial charge in [0.2, 0.25) is 0 Å². The minimum absolute atomic E-state index is 0. The molecule has 0 aliphatic heterocycles. The van der Waals surface area contributed by atoms with Crippen LogP contribution in [-0.2, 0) is 11.3 Å². The molecule has 1 aromatic carbocycles. The first-order valence-corrected chi connectivity index (χ1v) is 7.16. The normalized spacial score (nSPS) is 9.14. The fourth-order valence-electron chi connectivity index (χ4n) is 1.67. The van der Waals surface area contributed by atoms with Crippen molar-refractivity contribution in [2.75, 3.05) is 23.0 Å². The van der Waals surface area contributed by atoms with Crippen LogP contribution < -0.4 is 16.4 Å². The van der Waals surface area contributed by atoms with Gasteiger partial charge in [0.05, 0.1) is 18.0 Å². The molecular weight excluding hydrogens is 345 g/mol. The van der Waals surface area contributed by atoms with E-state index >= 15 is 0 Å². The van der Waals surface area contributed by atoms with Crippen LogP contribution in [0.1, 0.15) is 11.8 Å². The van der Waals surface area contributed by atoms with Gasteiger partial charge in [-0.05, 0) is 36.6 Å². The van der Waals surface area contributed by atoms with E-state index in [0.29, 0.717) is 18.0 Å². The van der Waals surface area contributed by atoms with Crippen molar-refractivity contribution in [3.05, 3.63) is 40.6 Å². The number of nitrogens with one attached hydrogen (secondary N) is 2. The summed E-state index contributed by atoms with van der Waals surface area (Å²) in [5.41, 5.74) is 7.86. The number of halogens is 2. The van der Waals surface area contributed by atoms with Crippen LogP contribution in [0, 0.1) is 0 Å². The number of carbonyl (C=O) groups excluding carboxylic acids is 1. The number of carbonyl (C=O) groups is 1. The number of thiophene rings is 1. The zero-order valence-electron chi connectivity index (χ0n) is 12.0. The Morgan fingerprint density at radius 1 is 1.32 bits per heavy atom. The van der Waals surface area contributed by atoms with E-state index in [4.69, 9.17) is 10.5 Å². The van der Waals surface area contributed by atoms with Gasteiger partial charge in [0.25, 0.3) is 0 Å². The maximum atomic E-state index is 11.3. The first kappa shape index (κ1) is 20.4. The first-order chi connectivity index (χ1) is 9.69. The van der Waals surface area contributed by atoms with Crippen molar-refractivity contribution in [1.29, 1.82) is 0 Å². The molecule has 1 aromatic heterocycles. The Balaban J connectivity index is 0.00000220. The summed E-state index contributed by atoms with van der Waals surface area (Å²) in [4.78, 5) is 12.6. The lowest BCUT2D eigenvalue weighted by Gasteiger charge is -2.11. The quantitative estimate of drug-likeness (QED) is 0.690. The Morgan fingerprint density at radius 2 is 2.09 bits per heavy atom. The molecule has 0 aliphatic rings. The van der Waals surface area contributed by atoms with Crippen LogP contribution in [0.15, 0.2) is 35.7 Å². The number of benzene rings is 1. The van der Waals surface area contributed by atoms with E-state index in [2.05, 4.69) is 16.7 Å². The van der Waals surface area contributed by atoms with E-state index in [0.717, 1.165) is 12.2 Å². The number of hydrogen-bond donors (Lipinski definition) is 3. The number of amides is 1. The minimum atomic E-state index is -0.501. The van der Waals surface area contributed by atoms with Gasteiger partial charge in [-0.3, -0.25) is 5.32 Å². The highest BCUT2D eigenvalue weighted by Gasteiger charge is 2.06. The number of rotatable bonds is 5. The van der Waals surface area contributed by atoms with Crippen molar-refractivity contribution >= 4 is 59.3 Å². The van der Waals surface area contributed by atoms with Gasteiger partial charge in [-0.1, -0.05) is 6.07 Å². The standard InChI is InChI=1S/C14H17N3O2S.2ClH/c1-2-19-14(18)17-13-6-5-10(8-12(13)15)16-9-11-4-3-7-20-11;;/h3-8,16H,2,9,15H2,1H3,(H,17,18);2*1H. The van der Waals surface area contributed by atoms with Crippen molar-refractivity contribution < 1.29 is 9.53 Å². The average Bonchev–Trinajstić information content (AvgIpc) is 2.93. The van der Waals surface area contributed by atoms with Gasteiger partial charge in [0.1, 0.15) is 0 Å². The maximum Gasteiger partial charge on any atom is 0.411 e. The van der Waals surface area contributed by atoms with Gasteiger partial charge >= 0.3 is 6.09 Å². The Bertz CT molecular complexity index is 579. The van der Waals surface area contributed by atoms with Crippen LogP contribution in [0.5, 0.6) is 0 Å². The molecule has 8 heteroatoms. The van der Waals surface area contributed by atoms with Crippen molar-refractivity contribution in [2.24, 2.45) is 0 Å². The number of anilines is 3.